The second kappa shape index (κ2) is 6.29. The molecule has 0 amide bonds. The highest BCUT2D eigenvalue weighted by Gasteiger charge is 2.30. The quantitative estimate of drug-likeness (QED) is 0.901. The molecule has 0 radical (unpaired) electrons. The normalized spacial score (nSPS) is 19.4. The van der Waals surface area contributed by atoms with Crippen LogP contribution < -0.4 is 5.32 Å². The lowest BCUT2D eigenvalue weighted by molar-refractivity contribution is -0.137. The second-order valence-corrected chi connectivity index (χ2v) is 5.64. The fourth-order valence-corrected chi connectivity index (χ4v) is 2.69. The maximum absolute atomic E-state index is 12.5. The first-order valence-corrected chi connectivity index (χ1v) is 7.39. The van der Waals surface area contributed by atoms with Gasteiger partial charge in [0.25, 0.3) is 0 Å². The number of aliphatic hydroxyl groups excluding tert-OH is 1. The largest absolute Gasteiger partial charge is 0.416 e. The SMILES string of the molecule is O[C@H](CN[C@H]1CCc2ncnn2C1)c1ccc(C(F)(F)F)cc1. The number of nitrogens with zero attached hydrogens (tertiary/aromatic N) is 3. The Morgan fingerprint density at radius 1 is 1.30 bits per heavy atom. The first kappa shape index (κ1) is 15.9. The average molecular weight is 326 g/mol. The van der Waals surface area contributed by atoms with E-state index in [9.17, 15) is 18.3 Å². The first-order chi connectivity index (χ1) is 10.9. The van der Waals surface area contributed by atoms with Crippen molar-refractivity contribution in [1.82, 2.24) is 20.1 Å². The van der Waals surface area contributed by atoms with E-state index in [1.54, 1.807) is 0 Å². The molecular weight excluding hydrogens is 309 g/mol. The maximum Gasteiger partial charge on any atom is 0.416 e. The van der Waals surface area contributed by atoms with Crippen molar-refractivity contribution in [2.24, 2.45) is 0 Å². The molecule has 0 unspecified atom stereocenters. The van der Waals surface area contributed by atoms with Gasteiger partial charge in [0.15, 0.2) is 0 Å². The van der Waals surface area contributed by atoms with E-state index in [-0.39, 0.29) is 12.6 Å². The molecule has 5 nitrogen and oxygen atoms in total. The number of aryl methyl sites for hydroxylation is 1. The number of halogens is 3. The third kappa shape index (κ3) is 3.70. The Kier molecular flexibility index (Phi) is 4.36. The van der Waals surface area contributed by atoms with Crippen molar-refractivity contribution in [2.75, 3.05) is 6.54 Å². The van der Waals surface area contributed by atoms with E-state index in [4.69, 9.17) is 0 Å². The second-order valence-electron chi connectivity index (χ2n) is 5.64. The van der Waals surface area contributed by atoms with Crippen molar-refractivity contribution in [3.05, 3.63) is 47.5 Å². The molecule has 0 saturated carbocycles. The van der Waals surface area contributed by atoms with Crippen LogP contribution in [0.25, 0.3) is 0 Å². The van der Waals surface area contributed by atoms with E-state index >= 15 is 0 Å². The fourth-order valence-electron chi connectivity index (χ4n) is 2.69. The van der Waals surface area contributed by atoms with Crippen molar-refractivity contribution in [3.8, 4) is 0 Å². The van der Waals surface area contributed by atoms with E-state index in [0.29, 0.717) is 12.1 Å². The van der Waals surface area contributed by atoms with Gasteiger partial charge in [0.2, 0.25) is 0 Å². The highest BCUT2D eigenvalue weighted by molar-refractivity contribution is 5.26. The molecule has 124 valence electrons. The fraction of sp³-hybridized carbons (Fsp3) is 0.467. The van der Waals surface area contributed by atoms with Crippen molar-refractivity contribution in [1.29, 1.82) is 0 Å². The molecule has 0 aliphatic carbocycles. The Hall–Kier alpha value is -1.93. The van der Waals surface area contributed by atoms with Crippen molar-refractivity contribution in [2.45, 2.75) is 37.7 Å². The highest BCUT2D eigenvalue weighted by Crippen LogP contribution is 2.29. The summed E-state index contributed by atoms with van der Waals surface area (Å²) in [6.45, 7) is 0.953. The van der Waals surface area contributed by atoms with E-state index in [0.717, 1.165) is 30.8 Å². The minimum Gasteiger partial charge on any atom is -0.387 e. The Balaban J connectivity index is 1.54. The molecular formula is C15H17F3N4O. The smallest absolute Gasteiger partial charge is 0.387 e. The topological polar surface area (TPSA) is 63.0 Å². The highest BCUT2D eigenvalue weighted by atomic mass is 19.4. The van der Waals surface area contributed by atoms with Gasteiger partial charge in [-0.25, -0.2) is 9.67 Å². The van der Waals surface area contributed by atoms with E-state index < -0.39 is 17.8 Å². The van der Waals surface area contributed by atoms with Crippen molar-refractivity contribution < 1.29 is 18.3 Å². The number of aliphatic hydroxyl groups is 1. The molecule has 0 saturated heterocycles. The summed E-state index contributed by atoms with van der Waals surface area (Å²) in [7, 11) is 0. The van der Waals surface area contributed by atoms with Gasteiger partial charge in [-0.1, -0.05) is 12.1 Å². The van der Waals surface area contributed by atoms with Gasteiger partial charge in [-0.15, -0.1) is 0 Å². The van der Waals surface area contributed by atoms with Crippen molar-refractivity contribution in [3.63, 3.8) is 0 Å². The molecule has 2 aromatic rings. The Bertz CT molecular complexity index is 653. The predicted octanol–water partition coefficient (Wildman–Crippen LogP) is 1.93. The van der Waals surface area contributed by atoms with Gasteiger partial charge in [0.05, 0.1) is 18.2 Å². The summed E-state index contributed by atoms with van der Waals surface area (Å²) in [5.74, 6) is 0.950. The van der Waals surface area contributed by atoms with Crippen LogP contribution in [0.4, 0.5) is 13.2 Å². The molecule has 0 spiro atoms. The first-order valence-electron chi connectivity index (χ1n) is 7.39. The number of rotatable bonds is 4. The van der Waals surface area contributed by atoms with Crippen LogP contribution in [0.3, 0.4) is 0 Å². The lowest BCUT2D eigenvalue weighted by Crippen LogP contribution is -2.39. The number of aromatic nitrogens is 3. The van der Waals surface area contributed by atoms with Crippen LogP contribution in [0.5, 0.6) is 0 Å². The summed E-state index contributed by atoms with van der Waals surface area (Å²) in [6.07, 6.45) is -1.99. The summed E-state index contributed by atoms with van der Waals surface area (Å²) in [6, 6.07) is 4.76. The van der Waals surface area contributed by atoms with E-state index in [1.165, 1.54) is 18.5 Å². The molecule has 23 heavy (non-hydrogen) atoms. The molecule has 3 rings (SSSR count). The number of benzene rings is 1. The van der Waals surface area contributed by atoms with E-state index in [1.807, 2.05) is 4.68 Å². The van der Waals surface area contributed by atoms with Crippen LogP contribution in [-0.4, -0.2) is 32.5 Å². The number of hydrogen-bond donors (Lipinski definition) is 2. The van der Waals surface area contributed by atoms with Gasteiger partial charge in [0.1, 0.15) is 12.2 Å². The molecule has 1 aliphatic rings. The minimum absolute atomic E-state index is 0.160. The number of nitrogens with one attached hydrogen (secondary N) is 1. The van der Waals surface area contributed by atoms with Crippen LogP contribution in [-0.2, 0) is 19.1 Å². The summed E-state index contributed by atoms with van der Waals surface area (Å²) in [4.78, 5) is 4.14. The third-order valence-electron chi connectivity index (χ3n) is 4.03. The minimum atomic E-state index is -4.36. The molecule has 1 aromatic carbocycles. The van der Waals surface area contributed by atoms with Crippen molar-refractivity contribution >= 4 is 0 Å². The molecule has 1 aliphatic heterocycles. The number of fused-ring (bicyclic) bond motifs is 1. The zero-order chi connectivity index (χ0) is 16.4. The molecule has 0 bridgehead atoms. The van der Waals surface area contributed by atoms with Crippen LogP contribution >= 0.6 is 0 Å². The number of alkyl halides is 3. The lowest BCUT2D eigenvalue weighted by Gasteiger charge is -2.25. The summed E-state index contributed by atoms with van der Waals surface area (Å²) in [5, 5.41) is 17.5. The monoisotopic (exact) mass is 326 g/mol. The van der Waals surface area contributed by atoms with Gasteiger partial charge in [-0.3, -0.25) is 0 Å². The van der Waals surface area contributed by atoms with Gasteiger partial charge in [-0.2, -0.15) is 18.3 Å². The Morgan fingerprint density at radius 2 is 2.04 bits per heavy atom. The van der Waals surface area contributed by atoms with Crippen LogP contribution in [0.2, 0.25) is 0 Å². The zero-order valence-corrected chi connectivity index (χ0v) is 12.3. The maximum atomic E-state index is 12.5. The molecule has 0 fully saturated rings. The molecule has 8 heteroatoms. The van der Waals surface area contributed by atoms with Crippen LogP contribution in [0.1, 0.15) is 29.5 Å². The zero-order valence-electron chi connectivity index (χ0n) is 12.3. The molecule has 2 N–H and O–H groups in total. The van der Waals surface area contributed by atoms with Gasteiger partial charge in [0, 0.05) is 19.0 Å². The lowest BCUT2D eigenvalue weighted by atomic mass is 10.0. The molecule has 2 atom stereocenters. The predicted molar refractivity (Wildman–Crippen MR) is 76.5 cm³/mol. The van der Waals surface area contributed by atoms with Gasteiger partial charge < -0.3 is 10.4 Å². The third-order valence-corrected chi connectivity index (χ3v) is 4.03. The van der Waals surface area contributed by atoms with Gasteiger partial charge >= 0.3 is 6.18 Å². The van der Waals surface area contributed by atoms with Gasteiger partial charge in [-0.05, 0) is 24.1 Å². The Morgan fingerprint density at radius 3 is 2.74 bits per heavy atom. The van der Waals surface area contributed by atoms with E-state index in [2.05, 4.69) is 15.4 Å². The number of hydrogen-bond acceptors (Lipinski definition) is 4. The van der Waals surface area contributed by atoms with Crippen LogP contribution in [0.15, 0.2) is 30.6 Å². The summed E-state index contributed by atoms with van der Waals surface area (Å²) < 4.78 is 39.4. The summed E-state index contributed by atoms with van der Waals surface area (Å²) >= 11 is 0. The molecule has 1 aromatic heterocycles. The van der Waals surface area contributed by atoms with Crippen LogP contribution in [0, 0.1) is 0 Å². The Labute approximate surface area is 131 Å². The molecule has 2 heterocycles. The summed E-state index contributed by atoms with van der Waals surface area (Å²) in [5.41, 5.74) is -0.254. The average Bonchev–Trinajstić information content (AvgIpc) is 2.99. The standard InChI is InChI=1S/C15H17F3N4O/c16-15(17,18)11-3-1-10(2-4-11)13(23)7-19-12-5-6-14-20-9-21-22(14)8-12/h1-4,9,12-13,19,23H,5-8H2/t12-,13+/m0/s1.